The number of imidazole rings is 1. The maximum Gasteiger partial charge on any atom is 0.0948 e. The van der Waals surface area contributed by atoms with Crippen LogP contribution in [-0.2, 0) is 17.3 Å². The van der Waals surface area contributed by atoms with E-state index >= 15 is 0 Å². The lowest BCUT2D eigenvalue weighted by Gasteiger charge is -2.13. The molecule has 0 saturated carbocycles. The summed E-state index contributed by atoms with van der Waals surface area (Å²) in [6.07, 6.45) is 6.19. The zero-order valence-corrected chi connectivity index (χ0v) is 10.5. The van der Waals surface area contributed by atoms with E-state index in [0.717, 1.165) is 24.6 Å². The van der Waals surface area contributed by atoms with Gasteiger partial charge in [-0.2, -0.15) is 0 Å². The van der Waals surface area contributed by atoms with Gasteiger partial charge in [-0.1, -0.05) is 6.92 Å². The van der Waals surface area contributed by atoms with Gasteiger partial charge in [0.05, 0.1) is 12.0 Å². The molecule has 90 valence electrons. The maximum atomic E-state index is 11.4. The molecule has 0 bridgehead atoms. The molecular weight excluding hydrogens is 222 g/mol. The molecule has 0 aliphatic carbocycles. The first kappa shape index (κ1) is 11.8. The van der Waals surface area contributed by atoms with Crippen LogP contribution in [0.15, 0.2) is 12.5 Å². The molecule has 0 amide bonds. The molecule has 2 heterocycles. The molecule has 2 rings (SSSR count). The second-order valence-electron chi connectivity index (χ2n) is 4.09. The molecule has 2 atom stereocenters. The summed E-state index contributed by atoms with van der Waals surface area (Å²) >= 11 is 0. The number of nitrogens with one attached hydrogen (secondary N) is 1. The third-order valence-electron chi connectivity index (χ3n) is 3.04. The van der Waals surface area contributed by atoms with Gasteiger partial charge in [-0.15, -0.1) is 0 Å². The minimum atomic E-state index is -0.690. The number of aromatic nitrogens is 2. The minimum Gasteiger partial charge on any atom is -0.332 e. The lowest BCUT2D eigenvalue weighted by Crippen LogP contribution is -2.18. The first-order valence-corrected chi connectivity index (χ1v) is 7.38. The number of hydrogen-bond donors (Lipinski definition) is 1. The number of hydrogen-bond acceptors (Lipinski definition) is 3. The van der Waals surface area contributed by atoms with Crippen molar-refractivity contribution in [3.05, 3.63) is 18.2 Å². The fraction of sp³-hybridized carbons (Fsp3) is 0.727. The fourth-order valence-electron chi connectivity index (χ4n) is 2.09. The van der Waals surface area contributed by atoms with Crippen molar-refractivity contribution < 1.29 is 4.21 Å². The summed E-state index contributed by atoms with van der Waals surface area (Å²) in [6.45, 7) is 3.87. The van der Waals surface area contributed by atoms with Crippen LogP contribution in [0, 0.1) is 0 Å². The Balaban J connectivity index is 1.98. The Hall–Kier alpha value is -0.680. The van der Waals surface area contributed by atoms with Gasteiger partial charge in [0.1, 0.15) is 0 Å². The monoisotopic (exact) mass is 241 g/mol. The highest BCUT2D eigenvalue weighted by molar-refractivity contribution is 7.84. The molecule has 0 spiro atoms. The minimum absolute atomic E-state index is 0.442. The van der Waals surface area contributed by atoms with Crippen LogP contribution in [0.1, 0.15) is 31.5 Å². The molecule has 1 aromatic heterocycles. The Morgan fingerprint density at radius 2 is 2.56 bits per heavy atom. The van der Waals surface area contributed by atoms with Gasteiger partial charge in [0.2, 0.25) is 0 Å². The standard InChI is InChI=1S/C11H19N3OS/c1-2-16(15)7-6-14-9-12-8-11(14)10-4-3-5-13-10/h8-10,13H,2-7H2,1H3/t10-,16?/m0/s1. The Labute approximate surface area is 98.9 Å². The third kappa shape index (κ3) is 2.71. The van der Waals surface area contributed by atoms with Gasteiger partial charge >= 0.3 is 0 Å². The van der Waals surface area contributed by atoms with E-state index in [1.165, 1.54) is 18.5 Å². The summed E-state index contributed by atoms with van der Waals surface area (Å²) in [5.74, 6) is 1.47. The predicted octanol–water partition coefficient (Wildman–Crippen LogP) is 1.08. The molecule has 1 aliphatic rings. The van der Waals surface area contributed by atoms with Crippen molar-refractivity contribution in [2.24, 2.45) is 0 Å². The summed E-state index contributed by atoms with van der Waals surface area (Å²) in [5, 5.41) is 3.46. The van der Waals surface area contributed by atoms with Crippen molar-refractivity contribution in [2.45, 2.75) is 32.4 Å². The topological polar surface area (TPSA) is 46.9 Å². The zero-order chi connectivity index (χ0) is 11.4. The third-order valence-corrected chi connectivity index (χ3v) is 4.33. The van der Waals surface area contributed by atoms with Crippen molar-refractivity contribution >= 4 is 10.8 Å². The summed E-state index contributed by atoms with van der Waals surface area (Å²) < 4.78 is 13.5. The van der Waals surface area contributed by atoms with Gasteiger partial charge < -0.3 is 9.88 Å². The van der Waals surface area contributed by atoms with Crippen molar-refractivity contribution in [1.82, 2.24) is 14.9 Å². The molecule has 5 heteroatoms. The van der Waals surface area contributed by atoms with Gasteiger partial charge in [-0.25, -0.2) is 4.98 Å². The van der Waals surface area contributed by atoms with Gasteiger partial charge in [0.15, 0.2) is 0 Å². The summed E-state index contributed by atoms with van der Waals surface area (Å²) in [5.41, 5.74) is 1.24. The molecule has 0 radical (unpaired) electrons. The first-order valence-electron chi connectivity index (χ1n) is 5.89. The van der Waals surface area contributed by atoms with Crippen molar-refractivity contribution in [3.63, 3.8) is 0 Å². The quantitative estimate of drug-likeness (QED) is 0.839. The Morgan fingerprint density at radius 1 is 1.69 bits per heavy atom. The average Bonchev–Trinajstić information content (AvgIpc) is 2.95. The van der Waals surface area contributed by atoms with E-state index in [2.05, 4.69) is 14.9 Å². The van der Waals surface area contributed by atoms with Crippen molar-refractivity contribution in [3.8, 4) is 0 Å². The van der Waals surface area contributed by atoms with Crippen LogP contribution in [-0.4, -0.2) is 31.8 Å². The molecule has 1 N–H and O–H groups in total. The lowest BCUT2D eigenvalue weighted by atomic mass is 10.2. The predicted molar refractivity (Wildman–Crippen MR) is 65.8 cm³/mol. The first-order chi connectivity index (χ1) is 7.81. The second-order valence-corrected chi connectivity index (χ2v) is 5.96. The molecular formula is C11H19N3OS. The van der Waals surface area contributed by atoms with Gasteiger partial charge in [-0.3, -0.25) is 4.21 Å². The highest BCUT2D eigenvalue weighted by Crippen LogP contribution is 2.22. The Bertz CT molecular complexity index is 358. The average molecular weight is 241 g/mol. The van der Waals surface area contributed by atoms with Crippen LogP contribution in [0.5, 0.6) is 0 Å². The number of aryl methyl sites for hydroxylation is 1. The lowest BCUT2D eigenvalue weighted by molar-refractivity contribution is 0.576. The fourth-order valence-corrected chi connectivity index (χ4v) is 2.78. The smallest absolute Gasteiger partial charge is 0.0948 e. The van der Waals surface area contributed by atoms with Crippen LogP contribution >= 0.6 is 0 Å². The summed E-state index contributed by atoms with van der Waals surface area (Å²) in [4.78, 5) is 4.19. The van der Waals surface area contributed by atoms with E-state index in [9.17, 15) is 4.21 Å². The maximum absolute atomic E-state index is 11.4. The molecule has 1 aliphatic heterocycles. The van der Waals surface area contributed by atoms with Crippen LogP contribution in [0.3, 0.4) is 0 Å². The molecule has 1 saturated heterocycles. The van der Waals surface area contributed by atoms with Crippen LogP contribution < -0.4 is 5.32 Å². The number of rotatable bonds is 5. The molecule has 4 nitrogen and oxygen atoms in total. The van der Waals surface area contributed by atoms with Crippen LogP contribution in [0.4, 0.5) is 0 Å². The van der Waals surface area contributed by atoms with Crippen molar-refractivity contribution in [1.29, 1.82) is 0 Å². The summed E-state index contributed by atoms with van der Waals surface area (Å²) in [7, 11) is -0.690. The second kappa shape index (κ2) is 5.59. The van der Waals surface area contributed by atoms with Crippen molar-refractivity contribution in [2.75, 3.05) is 18.1 Å². The Kier molecular flexibility index (Phi) is 4.12. The number of nitrogens with zero attached hydrogens (tertiary/aromatic N) is 2. The molecule has 1 aromatic rings. The molecule has 0 aromatic carbocycles. The van der Waals surface area contributed by atoms with Gasteiger partial charge in [0.25, 0.3) is 0 Å². The van der Waals surface area contributed by atoms with Crippen LogP contribution in [0.2, 0.25) is 0 Å². The summed E-state index contributed by atoms with van der Waals surface area (Å²) in [6, 6.07) is 0.442. The van der Waals surface area contributed by atoms with E-state index in [1.54, 1.807) is 0 Å². The van der Waals surface area contributed by atoms with Crippen LogP contribution in [0.25, 0.3) is 0 Å². The van der Waals surface area contributed by atoms with E-state index in [4.69, 9.17) is 0 Å². The largest absolute Gasteiger partial charge is 0.332 e. The van der Waals surface area contributed by atoms with E-state index < -0.39 is 10.8 Å². The molecule has 1 fully saturated rings. The van der Waals surface area contributed by atoms with Gasteiger partial charge in [-0.05, 0) is 19.4 Å². The molecule has 1 unspecified atom stereocenters. The molecule has 16 heavy (non-hydrogen) atoms. The van der Waals surface area contributed by atoms with E-state index in [-0.39, 0.29) is 0 Å². The Morgan fingerprint density at radius 3 is 3.25 bits per heavy atom. The van der Waals surface area contributed by atoms with E-state index in [1.807, 2.05) is 19.4 Å². The van der Waals surface area contributed by atoms with Gasteiger partial charge in [0, 0.05) is 41.1 Å². The zero-order valence-electron chi connectivity index (χ0n) is 9.69. The SMILES string of the molecule is CCS(=O)CCn1cncc1[C@@H]1CCCN1. The van der Waals surface area contributed by atoms with E-state index in [0.29, 0.717) is 6.04 Å². The highest BCUT2D eigenvalue weighted by Gasteiger charge is 2.19. The normalized spacial score (nSPS) is 22.4. The highest BCUT2D eigenvalue weighted by atomic mass is 32.2.